The lowest BCUT2D eigenvalue weighted by Crippen LogP contribution is -2.35. The van der Waals surface area contributed by atoms with Crippen molar-refractivity contribution in [3.8, 4) is 0 Å². The fourth-order valence-electron chi connectivity index (χ4n) is 1.61. The van der Waals surface area contributed by atoms with Crippen LogP contribution < -0.4 is 5.32 Å². The zero-order valence-corrected chi connectivity index (χ0v) is 12.5. The summed E-state index contributed by atoms with van der Waals surface area (Å²) in [4.78, 5) is 11.8. The Labute approximate surface area is 119 Å². The second kappa shape index (κ2) is 7.98. The van der Waals surface area contributed by atoms with Crippen LogP contribution in [0.4, 0.5) is 5.69 Å². The Morgan fingerprint density at radius 1 is 1.25 bits per heavy atom. The van der Waals surface area contributed by atoms with Gasteiger partial charge in [0.25, 0.3) is 0 Å². The Kier molecular flexibility index (Phi) is 6.63. The number of sulfonamides is 1. The molecule has 0 saturated heterocycles. The smallest absolute Gasteiger partial charge is 0.225 e. The van der Waals surface area contributed by atoms with Gasteiger partial charge in [-0.1, -0.05) is 18.2 Å². The van der Waals surface area contributed by atoms with Crippen molar-refractivity contribution in [2.24, 2.45) is 0 Å². The number of carbonyl (C=O) groups is 1. The van der Waals surface area contributed by atoms with Crippen LogP contribution in [0.15, 0.2) is 30.3 Å². The molecule has 0 aliphatic rings. The number of carbonyl (C=O) groups excluding carboxylic acids is 1. The first-order valence-corrected chi connectivity index (χ1v) is 8.07. The first kappa shape index (κ1) is 16.6. The summed E-state index contributed by atoms with van der Waals surface area (Å²) in [6.45, 7) is 0.683. The Morgan fingerprint density at radius 2 is 1.90 bits per heavy atom. The maximum Gasteiger partial charge on any atom is 0.225 e. The Hall–Kier alpha value is -1.44. The number of nitrogens with zero attached hydrogens (tertiary/aromatic N) is 1. The summed E-state index contributed by atoms with van der Waals surface area (Å²) >= 11 is 0. The molecule has 112 valence electrons. The summed E-state index contributed by atoms with van der Waals surface area (Å²) in [7, 11) is -1.83. The van der Waals surface area contributed by atoms with Gasteiger partial charge in [-0.15, -0.1) is 0 Å². The van der Waals surface area contributed by atoms with E-state index in [1.54, 1.807) is 12.1 Å². The zero-order chi connectivity index (χ0) is 15.0. The number of para-hydroxylation sites is 1. The number of methoxy groups -OCH3 is 1. The highest BCUT2D eigenvalue weighted by Crippen LogP contribution is 2.06. The van der Waals surface area contributed by atoms with Gasteiger partial charge < -0.3 is 10.1 Å². The maximum absolute atomic E-state index is 11.8. The molecule has 0 aliphatic carbocycles. The Morgan fingerprint density at radius 3 is 2.45 bits per heavy atom. The molecule has 20 heavy (non-hydrogen) atoms. The van der Waals surface area contributed by atoms with Gasteiger partial charge in [-0.2, -0.15) is 4.31 Å². The van der Waals surface area contributed by atoms with E-state index in [4.69, 9.17) is 4.74 Å². The zero-order valence-electron chi connectivity index (χ0n) is 11.7. The van der Waals surface area contributed by atoms with Crippen LogP contribution in [0.2, 0.25) is 0 Å². The molecule has 0 fully saturated rings. The third kappa shape index (κ3) is 6.14. The van der Waals surface area contributed by atoms with Crippen LogP contribution >= 0.6 is 0 Å². The molecule has 0 bridgehead atoms. The molecule has 0 unspecified atom stereocenters. The lowest BCUT2D eigenvalue weighted by atomic mass is 10.3. The Bertz CT molecular complexity index is 516. The van der Waals surface area contributed by atoms with Crippen molar-refractivity contribution in [2.45, 2.75) is 6.42 Å². The quantitative estimate of drug-likeness (QED) is 0.774. The molecule has 7 heteroatoms. The molecule has 1 aromatic carbocycles. The number of amides is 1. The van der Waals surface area contributed by atoms with Gasteiger partial charge in [0.15, 0.2) is 0 Å². The molecule has 0 atom stereocenters. The normalized spacial score (nSPS) is 11.6. The SMILES string of the molecule is COCCN(CCC(=O)Nc1ccccc1)S(C)(=O)=O. The summed E-state index contributed by atoms with van der Waals surface area (Å²) in [6, 6.07) is 9.04. The van der Waals surface area contributed by atoms with Crippen molar-refractivity contribution in [1.82, 2.24) is 4.31 Å². The van der Waals surface area contributed by atoms with Crippen LogP contribution in [0.3, 0.4) is 0 Å². The number of nitrogens with one attached hydrogen (secondary N) is 1. The lowest BCUT2D eigenvalue weighted by Gasteiger charge is -2.19. The van der Waals surface area contributed by atoms with Gasteiger partial charge in [0, 0.05) is 32.3 Å². The van der Waals surface area contributed by atoms with Crippen LogP contribution in [-0.4, -0.2) is 51.7 Å². The molecule has 1 N–H and O–H groups in total. The number of hydrogen-bond donors (Lipinski definition) is 1. The molecule has 0 spiro atoms. The summed E-state index contributed by atoms with van der Waals surface area (Å²) in [5, 5.41) is 2.71. The van der Waals surface area contributed by atoms with Crippen molar-refractivity contribution < 1.29 is 17.9 Å². The third-order valence-corrected chi connectivity index (χ3v) is 3.96. The van der Waals surface area contributed by atoms with Gasteiger partial charge in [-0.3, -0.25) is 4.79 Å². The third-order valence-electron chi connectivity index (χ3n) is 2.66. The van der Waals surface area contributed by atoms with Crippen molar-refractivity contribution in [1.29, 1.82) is 0 Å². The van der Waals surface area contributed by atoms with E-state index in [-0.39, 0.29) is 25.4 Å². The monoisotopic (exact) mass is 300 g/mol. The summed E-state index contributed by atoms with van der Waals surface area (Å²) in [5.74, 6) is -0.220. The second-order valence-electron chi connectivity index (χ2n) is 4.32. The molecule has 0 radical (unpaired) electrons. The fraction of sp³-hybridized carbons (Fsp3) is 0.462. The largest absolute Gasteiger partial charge is 0.383 e. The van der Waals surface area contributed by atoms with Gasteiger partial charge in [0.2, 0.25) is 15.9 Å². The van der Waals surface area contributed by atoms with Crippen molar-refractivity contribution >= 4 is 21.6 Å². The number of rotatable bonds is 8. The summed E-state index contributed by atoms with van der Waals surface area (Å²) in [5.41, 5.74) is 0.695. The Balaban J connectivity index is 2.48. The van der Waals surface area contributed by atoms with E-state index in [9.17, 15) is 13.2 Å². The van der Waals surface area contributed by atoms with Gasteiger partial charge in [-0.05, 0) is 12.1 Å². The van der Waals surface area contributed by atoms with E-state index >= 15 is 0 Å². The topological polar surface area (TPSA) is 75.7 Å². The molecule has 0 saturated carbocycles. The summed E-state index contributed by atoms with van der Waals surface area (Å²) in [6.07, 6.45) is 1.23. The summed E-state index contributed by atoms with van der Waals surface area (Å²) < 4.78 is 29.2. The average molecular weight is 300 g/mol. The van der Waals surface area contributed by atoms with Crippen molar-refractivity contribution in [2.75, 3.05) is 38.4 Å². The van der Waals surface area contributed by atoms with E-state index < -0.39 is 10.0 Å². The van der Waals surface area contributed by atoms with E-state index in [1.165, 1.54) is 11.4 Å². The van der Waals surface area contributed by atoms with E-state index in [2.05, 4.69) is 5.32 Å². The highest BCUT2D eigenvalue weighted by molar-refractivity contribution is 7.88. The minimum absolute atomic E-state index is 0.103. The highest BCUT2D eigenvalue weighted by atomic mass is 32.2. The molecular weight excluding hydrogens is 280 g/mol. The van der Waals surface area contributed by atoms with Gasteiger partial charge in [-0.25, -0.2) is 8.42 Å². The molecule has 6 nitrogen and oxygen atoms in total. The van der Waals surface area contributed by atoms with E-state index in [1.807, 2.05) is 18.2 Å². The number of anilines is 1. The first-order valence-electron chi connectivity index (χ1n) is 6.22. The fourth-order valence-corrected chi connectivity index (χ4v) is 2.44. The maximum atomic E-state index is 11.8. The van der Waals surface area contributed by atoms with Crippen LogP contribution in [0.1, 0.15) is 6.42 Å². The van der Waals surface area contributed by atoms with Gasteiger partial charge >= 0.3 is 0 Å². The van der Waals surface area contributed by atoms with E-state index in [0.29, 0.717) is 12.3 Å². The molecule has 1 aromatic rings. The van der Waals surface area contributed by atoms with Crippen LogP contribution in [0.25, 0.3) is 0 Å². The van der Waals surface area contributed by atoms with Crippen LogP contribution in [-0.2, 0) is 19.6 Å². The predicted molar refractivity (Wildman–Crippen MR) is 78.0 cm³/mol. The minimum Gasteiger partial charge on any atom is -0.383 e. The highest BCUT2D eigenvalue weighted by Gasteiger charge is 2.17. The first-order chi connectivity index (χ1) is 9.43. The molecule has 0 aliphatic heterocycles. The number of hydrogen-bond acceptors (Lipinski definition) is 4. The molecule has 0 aromatic heterocycles. The molecule has 1 rings (SSSR count). The standard InChI is InChI=1S/C13H20N2O4S/c1-19-11-10-15(20(2,17)18)9-8-13(16)14-12-6-4-3-5-7-12/h3-7H,8-11H2,1-2H3,(H,14,16). The van der Waals surface area contributed by atoms with Crippen LogP contribution in [0, 0.1) is 0 Å². The predicted octanol–water partition coefficient (Wildman–Crippen LogP) is 0.923. The molecule has 0 heterocycles. The van der Waals surface area contributed by atoms with Crippen molar-refractivity contribution in [3.63, 3.8) is 0 Å². The lowest BCUT2D eigenvalue weighted by molar-refractivity contribution is -0.116. The minimum atomic E-state index is -3.33. The molecule has 1 amide bonds. The molecular formula is C13H20N2O4S. The number of benzene rings is 1. The van der Waals surface area contributed by atoms with E-state index in [0.717, 1.165) is 6.26 Å². The van der Waals surface area contributed by atoms with Crippen molar-refractivity contribution in [3.05, 3.63) is 30.3 Å². The van der Waals surface area contributed by atoms with Crippen LogP contribution in [0.5, 0.6) is 0 Å². The average Bonchev–Trinajstić information content (AvgIpc) is 2.38. The number of ether oxygens (including phenoxy) is 1. The van der Waals surface area contributed by atoms with Gasteiger partial charge in [0.05, 0.1) is 12.9 Å². The van der Waals surface area contributed by atoms with Gasteiger partial charge in [0.1, 0.15) is 0 Å². The second-order valence-corrected chi connectivity index (χ2v) is 6.30.